The number of amides is 1. The van der Waals surface area contributed by atoms with Crippen LogP contribution in [0.15, 0.2) is 30.3 Å². The summed E-state index contributed by atoms with van der Waals surface area (Å²) in [6, 6.07) is 10.8. The van der Waals surface area contributed by atoms with Gasteiger partial charge in [0.2, 0.25) is 0 Å². The van der Waals surface area contributed by atoms with Crippen molar-refractivity contribution < 1.29 is 19.1 Å². The smallest absolute Gasteiger partial charge is 0.411 e. The van der Waals surface area contributed by atoms with E-state index < -0.39 is 0 Å². The Labute approximate surface area is 209 Å². The zero-order chi connectivity index (χ0) is 24.6. The zero-order valence-electron chi connectivity index (χ0n) is 21.3. The molecule has 3 saturated heterocycles. The summed E-state index contributed by atoms with van der Waals surface area (Å²) in [6.07, 6.45) is 2.73. The molecule has 3 aliphatic heterocycles. The number of benzene rings is 1. The number of hydrogen-bond donors (Lipinski definition) is 0. The molecule has 0 N–H and O–H groups in total. The molecule has 194 valence electrons. The molecule has 3 aliphatic rings. The van der Waals surface area contributed by atoms with Gasteiger partial charge in [0, 0.05) is 66.0 Å². The molecule has 0 aromatic heterocycles. The van der Waals surface area contributed by atoms with Gasteiger partial charge < -0.3 is 19.3 Å². The maximum Gasteiger partial charge on any atom is 0.411 e. The van der Waals surface area contributed by atoms with Crippen molar-refractivity contribution in [3.8, 4) is 0 Å². The summed E-state index contributed by atoms with van der Waals surface area (Å²) < 4.78 is 10.5. The average molecular weight is 488 g/mol. The second-order valence-electron chi connectivity index (χ2n) is 9.94. The van der Waals surface area contributed by atoms with Crippen molar-refractivity contribution >= 4 is 12.1 Å². The van der Waals surface area contributed by atoms with E-state index in [1.165, 1.54) is 12.7 Å². The first-order valence-corrected chi connectivity index (χ1v) is 13.0. The minimum absolute atomic E-state index is 0.0809. The fraction of sp³-hybridized carbons (Fsp3) is 0.692. The van der Waals surface area contributed by atoms with Crippen LogP contribution >= 0.6 is 0 Å². The number of ether oxygens (including phenoxy) is 2. The van der Waals surface area contributed by atoms with Crippen molar-refractivity contribution in [3.63, 3.8) is 0 Å². The van der Waals surface area contributed by atoms with Crippen molar-refractivity contribution in [1.29, 1.82) is 0 Å². The van der Waals surface area contributed by atoms with Gasteiger partial charge in [0.25, 0.3) is 0 Å². The molecular formula is C26H41N5O4. The largest absolute Gasteiger partial charge is 0.468 e. The number of hydrogen-bond acceptors (Lipinski definition) is 8. The van der Waals surface area contributed by atoms with Crippen molar-refractivity contribution in [2.24, 2.45) is 0 Å². The molecule has 2 unspecified atom stereocenters. The zero-order valence-corrected chi connectivity index (χ0v) is 21.3. The summed E-state index contributed by atoms with van der Waals surface area (Å²) >= 11 is 0. The molecule has 0 aliphatic carbocycles. The van der Waals surface area contributed by atoms with E-state index in [1.54, 1.807) is 4.90 Å². The molecular weight excluding hydrogens is 446 g/mol. The first-order chi connectivity index (χ1) is 17.0. The number of piperazine rings is 2. The highest BCUT2D eigenvalue weighted by atomic mass is 16.6. The number of esters is 1. The van der Waals surface area contributed by atoms with Crippen LogP contribution in [0.3, 0.4) is 0 Å². The molecule has 35 heavy (non-hydrogen) atoms. The molecule has 0 saturated carbocycles. The Morgan fingerprint density at radius 2 is 1.60 bits per heavy atom. The lowest BCUT2D eigenvalue weighted by Crippen LogP contribution is -2.54. The normalized spacial score (nSPS) is 25.1. The molecule has 1 aromatic rings. The Hall–Kier alpha value is -2.20. The predicted octanol–water partition coefficient (Wildman–Crippen LogP) is 1.54. The van der Waals surface area contributed by atoms with E-state index in [1.807, 2.05) is 7.05 Å². The SMILES string of the molecule is COC(=O)CN1CCN(C2OC(=O)N(C)C2CCCCN2CCN(Cc3ccccc3)CC2)CC1. The van der Waals surface area contributed by atoms with Gasteiger partial charge in [0.05, 0.1) is 19.7 Å². The lowest BCUT2D eigenvalue weighted by molar-refractivity contribution is -0.142. The Kier molecular flexibility index (Phi) is 9.37. The fourth-order valence-corrected chi connectivity index (χ4v) is 5.37. The van der Waals surface area contributed by atoms with E-state index in [0.717, 1.165) is 84.7 Å². The number of carbonyl (C=O) groups is 2. The van der Waals surface area contributed by atoms with Crippen molar-refractivity contribution in [2.45, 2.75) is 38.1 Å². The van der Waals surface area contributed by atoms with E-state index in [2.05, 4.69) is 49.9 Å². The Morgan fingerprint density at radius 3 is 2.29 bits per heavy atom. The fourth-order valence-electron chi connectivity index (χ4n) is 5.37. The van der Waals surface area contributed by atoms with Gasteiger partial charge in [0.1, 0.15) is 0 Å². The van der Waals surface area contributed by atoms with Gasteiger partial charge >= 0.3 is 12.1 Å². The summed E-state index contributed by atoms with van der Waals surface area (Å²) in [5.74, 6) is -0.207. The summed E-state index contributed by atoms with van der Waals surface area (Å²) in [6.45, 7) is 10.1. The topological polar surface area (TPSA) is 68.8 Å². The lowest BCUT2D eigenvalue weighted by atomic mass is 10.1. The van der Waals surface area contributed by atoms with Gasteiger partial charge in [-0.1, -0.05) is 30.3 Å². The maximum atomic E-state index is 12.3. The number of rotatable bonds is 10. The quantitative estimate of drug-likeness (QED) is 0.364. The van der Waals surface area contributed by atoms with Crippen LogP contribution in [-0.4, -0.2) is 128 Å². The molecule has 9 nitrogen and oxygen atoms in total. The van der Waals surface area contributed by atoms with Crippen molar-refractivity contribution in [2.75, 3.05) is 79.6 Å². The Balaban J connectivity index is 1.15. The summed E-state index contributed by atoms with van der Waals surface area (Å²) in [4.78, 5) is 35.1. The number of nitrogens with zero attached hydrogens (tertiary/aromatic N) is 5. The van der Waals surface area contributed by atoms with E-state index >= 15 is 0 Å². The first kappa shape index (κ1) is 25.9. The highest BCUT2D eigenvalue weighted by Crippen LogP contribution is 2.26. The van der Waals surface area contributed by atoms with Crippen LogP contribution in [0.2, 0.25) is 0 Å². The number of cyclic esters (lactones) is 1. The standard InChI is InChI=1S/C26H41N5O4/c1-27-23(25(35-26(27)33)31-18-16-30(17-19-31)21-24(32)34-2)10-6-7-11-28-12-14-29(15-13-28)20-22-8-4-3-5-9-22/h3-5,8-9,23,25H,6-7,10-21H2,1-2H3. The van der Waals surface area contributed by atoms with Crippen molar-refractivity contribution in [3.05, 3.63) is 35.9 Å². The second-order valence-corrected chi connectivity index (χ2v) is 9.94. The van der Waals surface area contributed by atoms with Crippen LogP contribution in [-0.2, 0) is 20.8 Å². The van der Waals surface area contributed by atoms with Gasteiger partial charge in [-0.05, 0) is 31.4 Å². The third-order valence-electron chi connectivity index (χ3n) is 7.62. The molecule has 0 radical (unpaired) electrons. The number of carbonyl (C=O) groups excluding carboxylic acids is 2. The molecule has 0 spiro atoms. The highest BCUT2D eigenvalue weighted by Gasteiger charge is 2.43. The van der Waals surface area contributed by atoms with Gasteiger partial charge in [-0.2, -0.15) is 0 Å². The van der Waals surface area contributed by atoms with E-state index in [0.29, 0.717) is 6.54 Å². The first-order valence-electron chi connectivity index (χ1n) is 13.0. The molecule has 1 amide bonds. The monoisotopic (exact) mass is 487 g/mol. The number of likely N-dealkylation sites (N-methyl/N-ethyl adjacent to an activating group) is 1. The van der Waals surface area contributed by atoms with Crippen LogP contribution in [0.1, 0.15) is 24.8 Å². The minimum atomic E-state index is -0.230. The predicted molar refractivity (Wildman–Crippen MR) is 134 cm³/mol. The van der Waals surface area contributed by atoms with Crippen LogP contribution in [0.4, 0.5) is 4.79 Å². The minimum Gasteiger partial charge on any atom is -0.468 e. The summed E-state index contributed by atoms with van der Waals surface area (Å²) in [7, 11) is 3.27. The van der Waals surface area contributed by atoms with Crippen LogP contribution < -0.4 is 0 Å². The van der Waals surface area contributed by atoms with Gasteiger partial charge in [0.15, 0.2) is 6.23 Å². The molecule has 9 heteroatoms. The Bertz CT molecular complexity index is 809. The number of unbranched alkanes of at least 4 members (excludes halogenated alkanes) is 1. The van der Waals surface area contributed by atoms with Crippen LogP contribution in [0.25, 0.3) is 0 Å². The third-order valence-corrected chi connectivity index (χ3v) is 7.62. The molecule has 3 heterocycles. The third kappa shape index (κ3) is 7.16. The molecule has 0 bridgehead atoms. The van der Waals surface area contributed by atoms with E-state index in [-0.39, 0.29) is 24.3 Å². The highest BCUT2D eigenvalue weighted by molar-refractivity contribution is 5.71. The van der Waals surface area contributed by atoms with Gasteiger partial charge in [-0.25, -0.2) is 4.79 Å². The Morgan fingerprint density at radius 1 is 0.943 bits per heavy atom. The van der Waals surface area contributed by atoms with Gasteiger partial charge in [-0.15, -0.1) is 0 Å². The molecule has 3 fully saturated rings. The average Bonchev–Trinajstić information content (AvgIpc) is 3.17. The second kappa shape index (κ2) is 12.7. The summed E-state index contributed by atoms with van der Waals surface area (Å²) in [5, 5.41) is 0. The molecule has 4 rings (SSSR count). The maximum absolute atomic E-state index is 12.3. The van der Waals surface area contributed by atoms with Crippen molar-refractivity contribution in [1.82, 2.24) is 24.5 Å². The van der Waals surface area contributed by atoms with Crippen LogP contribution in [0, 0.1) is 0 Å². The van der Waals surface area contributed by atoms with E-state index in [9.17, 15) is 9.59 Å². The van der Waals surface area contributed by atoms with E-state index in [4.69, 9.17) is 9.47 Å². The molecule has 1 aromatic carbocycles. The lowest BCUT2D eigenvalue weighted by Gasteiger charge is -2.38. The summed E-state index contributed by atoms with van der Waals surface area (Å²) in [5.41, 5.74) is 1.39. The van der Waals surface area contributed by atoms with Gasteiger partial charge in [-0.3, -0.25) is 19.5 Å². The number of methoxy groups -OCH3 is 1. The molecule has 2 atom stereocenters. The van der Waals surface area contributed by atoms with Crippen LogP contribution in [0.5, 0.6) is 0 Å².